The van der Waals surface area contributed by atoms with Gasteiger partial charge in [-0.25, -0.2) is 9.18 Å². The van der Waals surface area contributed by atoms with Gasteiger partial charge in [0.2, 0.25) is 0 Å². The number of ether oxygens (including phenoxy) is 3. The second kappa shape index (κ2) is 12.4. The third-order valence-electron chi connectivity index (χ3n) is 7.35. The summed E-state index contributed by atoms with van der Waals surface area (Å²) in [4.78, 5) is 14.7. The maximum absolute atomic E-state index is 13.3. The Morgan fingerprint density at radius 2 is 1.82 bits per heavy atom. The first-order chi connectivity index (χ1) is 16.6. The van der Waals surface area contributed by atoms with Gasteiger partial charge in [0.25, 0.3) is 0 Å². The highest BCUT2D eigenvalue weighted by molar-refractivity contribution is 5.67. The van der Waals surface area contributed by atoms with Gasteiger partial charge in [0.15, 0.2) is 0 Å². The molecule has 0 spiro atoms. The third kappa shape index (κ3) is 7.31. The Morgan fingerprint density at radius 1 is 1.09 bits per heavy atom. The molecular formula is C26H36FN3O4. The Kier molecular flexibility index (Phi) is 9.00. The summed E-state index contributed by atoms with van der Waals surface area (Å²) in [5.41, 5.74) is 0.254. The summed E-state index contributed by atoms with van der Waals surface area (Å²) in [5.74, 6) is 0.763. The summed E-state index contributed by atoms with van der Waals surface area (Å²) < 4.78 is 30.2. The Morgan fingerprint density at radius 3 is 2.53 bits per heavy atom. The number of rotatable bonds is 7. The fourth-order valence-corrected chi connectivity index (χ4v) is 5.23. The summed E-state index contributed by atoms with van der Waals surface area (Å²) in [6, 6.07) is 6.35. The fraction of sp³-hybridized carbons (Fsp3) is 0.692. The normalized spacial score (nSPS) is 24.8. The lowest BCUT2D eigenvalue weighted by molar-refractivity contribution is 0.000257. The van der Waals surface area contributed by atoms with Gasteiger partial charge in [-0.1, -0.05) is 0 Å². The first kappa shape index (κ1) is 24.7. The minimum Gasteiger partial charge on any atom is -0.489 e. The lowest BCUT2D eigenvalue weighted by Gasteiger charge is -2.34. The number of benzene rings is 1. The number of likely N-dealkylation sites (tertiary alicyclic amines) is 1. The molecule has 0 radical (unpaired) electrons. The van der Waals surface area contributed by atoms with Crippen molar-refractivity contribution >= 4 is 6.09 Å². The van der Waals surface area contributed by atoms with E-state index in [4.69, 9.17) is 14.2 Å². The van der Waals surface area contributed by atoms with Crippen LogP contribution >= 0.6 is 0 Å². The van der Waals surface area contributed by atoms with Crippen molar-refractivity contribution in [3.05, 3.63) is 29.6 Å². The minimum absolute atomic E-state index is 0.0104. The van der Waals surface area contributed by atoms with Crippen molar-refractivity contribution in [3.8, 4) is 11.8 Å². The van der Waals surface area contributed by atoms with Crippen LogP contribution in [0.3, 0.4) is 0 Å². The molecule has 7 nitrogen and oxygen atoms in total. The molecular weight excluding hydrogens is 437 g/mol. The Balaban J connectivity index is 1.09. The van der Waals surface area contributed by atoms with E-state index in [-0.39, 0.29) is 29.9 Å². The number of halogens is 1. The van der Waals surface area contributed by atoms with Crippen LogP contribution in [0.25, 0.3) is 0 Å². The first-order valence-corrected chi connectivity index (χ1v) is 12.7. The van der Waals surface area contributed by atoms with Gasteiger partial charge >= 0.3 is 6.09 Å². The molecule has 1 aromatic carbocycles. The average molecular weight is 474 g/mol. The lowest BCUT2D eigenvalue weighted by atomic mass is 9.84. The van der Waals surface area contributed by atoms with Gasteiger partial charge in [-0.3, -0.25) is 0 Å². The summed E-state index contributed by atoms with van der Waals surface area (Å²) in [6.45, 7) is 4.38. The Bertz CT molecular complexity index is 839. The minimum atomic E-state index is -0.418. The maximum atomic E-state index is 13.3. The van der Waals surface area contributed by atoms with Gasteiger partial charge in [-0.05, 0) is 75.6 Å². The number of amides is 1. The molecule has 3 fully saturated rings. The molecule has 0 bridgehead atoms. The molecule has 0 atom stereocenters. The molecule has 2 heterocycles. The number of nitrogens with one attached hydrogen (secondary N) is 1. The second-order valence-electron chi connectivity index (χ2n) is 9.78. The molecule has 1 aliphatic carbocycles. The molecule has 4 rings (SSSR count). The van der Waals surface area contributed by atoms with E-state index in [2.05, 4.69) is 10.2 Å². The van der Waals surface area contributed by atoms with Crippen LogP contribution in [0.15, 0.2) is 18.2 Å². The predicted molar refractivity (Wildman–Crippen MR) is 125 cm³/mol. The number of hydrogen-bond acceptors (Lipinski definition) is 6. The van der Waals surface area contributed by atoms with Gasteiger partial charge in [0.05, 0.1) is 18.8 Å². The maximum Gasteiger partial charge on any atom is 0.407 e. The summed E-state index contributed by atoms with van der Waals surface area (Å²) >= 11 is 0. The molecule has 3 aliphatic rings. The first-order valence-electron chi connectivity index (χ1n) is 12.7. The standard InChI is InChI=1S/C26H36FN3O4/c27-21-3-6-25(20(17-21)18-28)33-23-8-13-30(14-9-23)12-7-19-1-4-22(5-2-19)29-26(31)34-24-10-15-32-16-11-24/h3,6,17,19,22-24H,1-2,4-5,7-16H2,(H,29,31)/t19-,22-. The van der Waals surface area contributed by atoms with Gasteiger partial charge in [0, 0.05) is 32.0 Å². The predicted octanol–water partition coefficient (Wildman–Crippen LogP) is 4.39. The van der Waals surface area contributed by atoms with Crippen LogP contribution in [0.4, 0.5) is 9.18 Å². The van der Waals surface area contributed by atoms with Crippen molar-refractivity contribution in [2.75, 3.05) is 32.8 Å². The number of alkyl carbamates (subject to hydrolysis) is 1. The van der Waals surface area contributed by atoms with Crippen LogP contribution < -0.4 is 10.1 Å². The van der Waals surface area contributed by atoms with E-state index in [0.717, 1.165) is 71.0 Å². The SMILES string of the molecule is N#Cc1cc(F)ccc1OC1CCN(CC[C@H]2CC[C@H](NC(=O)OC3CCOCC3)CC2)CC1. The molecule has 1 N–H and O–H groups in total. The van der Waals surface area contributed by atoms with Crippen LogP contribution in [0.1, 0.15) is 63.4 Å². The van der Waals surface area contributed by atoms with Crippen molar-refractivity contribution in [2.45, 2.75) is 76.0 Å². The molecule has 34 heavy (non-hydrogen) atoms. The lowest BCUT2D eigenvalue weighted by Crippen LogP contribution is -2.41. The van der Waals surface area contributed by atoms with Crippen molar-refractivity contribution in [2.24, 2.45) is 5.92 Å². The van der Waals surface area contributed by atoms with E-state index in [1.54, 1.807) is 6.07 Å². The monoisotopic (exact) mass is 473 g/mol. The van der Waals surface area contributed by atoms with Crippen LogP contribution in [-0.4, -0.2) is 62.1 Å². The Labute approximate surface area is 201 Å². The number of carbonyl (C=O) groups is 1. The zero-order valence-electron chi connectivity index (χ0n) is 19.8. The van der Waals surface area contributed by atoms with Crippen molar-refractivity contribution in [3.63, 3.8) is 0 Å². The van der Waals surface area contributed by atoms with E-state index >= 15 is 0 Å². The number of piperidine rings is 1. The van der Waals surface area contributed by atoms with E-state index in [9.17, 15) is 14.4 Å². The van der Waals surface area contributed by atoms with Crippen LogP contribution in [0.2, 0.25) is 0 Å². The summed E-state index contributed by atoms with van der Waals surface area (Å²) in [7, 11) is 0. The van der Waals surface area contributed by atoms with E-state index < -0.39 is 5.82 Å². The third-order valence-corrected chi connectivity index (χ3v) is 7.35. The van der Waals surface area contributed by atoms with E-state index in [1.165, 1.54) is 18.6 Å². The highest BCUT2D eigenvalue weighted by Gasteiger charge is 2.26. The van der Waals surface area contributed by atoms with Crippen LogP contribution in [-0.2, 0) is 9.47 Å². The molecule has 2 saturated heterocycles. The fourth-order valence-electron chi connectivity index (χ4n) is 5.23. The average Bonchev–Trinajstić information content (AvgIpc) is 2.86. The second-order valence-corrected chi connectivity index (χ2v) is 9.78. The van der Waals surface area contributed by atoms with Gasteiger partial charge in [0.1, 0.15) is 29.8 Å². The van der Waals surface area contributed by atoms with Crippen LogP contribution in [0, 0.1) is 23.1 Å². The molecule has 0 aromatic heterocycles. The molecule has 186 valence electrons. The molecule has 1 amide bonds. The highest BCUT2D eigenvalue weighted by atomic mass is 19.1. The van der Waals surface area contributed by atoms with Gasteiger partial charge in [-0.15, -0.1) is 0 Å². The summed E-state index contributed by atoms with van der Waals surface area (Å²) in [5, 5.41) is 12.3. The largest absolute Gasteiger partial charge is 0.489 e. The molecule has 0 unspecified atom stereocenters. The zero-order chi connectivity index (χ0) is 23.8. The van der Waals surface area contributed by atoms with Crippen molar-refractivity contribution < 1.29 is 23.4 Å². The van der Waals surface area contributed by atoms with Crippen molar-refractivity contribution in [1.82, 2.24) is 10.2 Å². The Hall–Kier alpha value is -2.37. The number of nitrogens with zero attached hydrogens (tertiary/aromatic N) is 2. The zero-order valence-corrected chi connectivity index (χ0v) is 19.8. The number of hydrogen-bond donors (Lipinski definition) is 1. The molecule has 8 heteroatoms. The highest BCUT2D eigenvalue weighted by Crippen LogP contribution is 2.28. The molecule has 1 aromatic rings. The smallest absolute Gasteiger partial charge is 0.407 e. The summed E-state index contributed by atoms with van der Waals surface area (Å²) in [6.07, 6.45) is 8.68. The topological polar surface area (TPSA) is 83.8 Å². The molecule has 2 aliphatic heterocycles. The number of carbonyl (C=O) groups excluding carboxylic acids is 1. The van der Waals surface area contributed by atoms with Gasteiger partial charge in [-0.2, -0.15) is 5.26 Å². The quantitative estimate of drug-likeness (QED) is 0.632. The van der Waals surface area contributed by atoms with E-state index in [0.29, 0.717) is 24.9 Å². The number of nitriles is 1. The van der Waals surface area contributed by atoms with Gasteiger partial charge < -0.3 is 24.4 Å². The van der Waals surface area contributed by atoms with Crippen molar-refractivity contribution in [1.29, 1.82) is 5.26 Å². The molecule has 1 saturated carbocycles. The van der Waals surface area contributed by atoms with Crippen LogP contribution in [0.5, 0.6) is 5.75 Å². The van der Waals surface area contributed by atoms with E-state index in [1.807, 2.05) is 6.07 Å².